The molecule has 1 saturated heterocycles. The van der Waals surface area contributed by atoms with Crippen molar-refractivity contribution in [2.45, 2.75) is 12.0 Å². The summed E-state index contributed by atoms with van der Waals surface area (Å²) in [6, 6.07) is 9.04. The molecule has 0 aliphatic carbocycles. The first kappa shape index (κ1) is 15.9. The zero-order valence-corrected chi connectivity index (χ0v) is 12.7. The average molecular weight is 311 g/mol. The summed E-state index contributed by atoms with van der Waals surface area (Å²) in [4.78, 5) is 13.8. The largest absolute Gasteiger partial charge is 0.368 e. The van der Waals surface area contributed by atoms with E-state index in [0.29, 0.717) is 31.6 Å². The molecular weight excluding hydrogens is 290 g/mol. The molecule has 1 heterocycles. The summed E-state index contributed by atoms with van der Waals surface area (Å²) < 4.78 is 22.8. The topological polar surface area (TPSA) is 106 Å². The first-order valence-corrected chi connectivity index (χ1v) is 8.73. The molecule has 1 unspecified atom stereocenters. The van der Waals surface area contributed by atoms with E-state index in [2.05, 4.69) is 0 Å². The molecule has 1 aliphatic heterocycles. The summed E-state index contributed by atoms with van der Waals surface area (Å²) in [5, 5.41) is 0. The lowest BCUT2D eigenvalue weighted by atomic mass is 9.86. The van der Waals surface area contributed by atoms with E-state index in [9.17, 15) is 13.2 Å². The second kappa shape index (κ2) is 6.13. The number of primary amides is 1. The lowest BCUT2D eigenvalue weighted by Crippen LogP contribution is -2.52. The van der Waals surface area contributed by atoms with Crippen molar-refractivity contribution < 1.29 is 13.2 Å². The maximum absolute atomic E-state index is 11.8. The number of benzene rings is 1. The minimum atomic E-state index is -2.90. The Labute approximate surface area is 125 Å². The summed E-state index contributed by atoms with van der Waals surface area (Å²) in [7, 11) is -2.90. The zero-order valence-electron chi connectivity index (χ0n) is 11.9. The number of carbonyl (C=O) groups excluding carboxylic acids is 1. The first-order chi connectivity index (χ1) is 9.83. The Kier molecular flexibility index (Phi) is 4.65. The molecule has 1 fully saturated rings. The minimum Gasteiger partial charge on any atom is -0.368 e. The van der Waals surface area contributed by atoms with E-state index in [-0.39, 0.29) is 11.5 Å². The molecule has 1 aliphatic rings. The van der Waals surface area contributed by atoms with Crippen molar-refractivity contribution >= 4 is 15.7 Å². The number of hydrogen-bond acceptors (Lipinski definition) is 5. The molecule has 2 rings (SSSR count). The highest BCUT2D eigenvalue weighted by molar-refractivity contribution is 7.91. The van der Waals surface area contributed by atoms with Gasteiger partial charge in [-0.05, 0) is 12.0 Å². The molecule has 0 spiro atoms. The van der Waals surface area contributed by atoms with Crippen LogP contribution in [0.5, 0.6) is 0 Å². The van der Waals surface area contributed by atoms with Gasteiger partial charge in [-0.2, -0.15) is 0 Å². The van der Waals surface area contributed by atoms with Gasteiger partial charge in [0.05, 0.1) is 11.5 Å². The van der Waals surface area contributed by atoms with Crippen molar-refractivity contribution in [3.63, 3.8) is 0 Å². The van der Waals surface area contributed by atoms with E-state index in [0.717, 1.165) is 0 Å². The van der Waals surface area contributed by atoms with Crippen molar-refractivity contribution in [1.82, 2.24) is 4.90 Å². The van der Waals surface area contributed by atoms with Gasteiger partial charge in [0.1, 0.15) is 5.54 Å². The van der Waals surface area contributed by atoms with Crippen LogP contribution in [0.25, 0.3) is 0 Å². The van der Waals surface area contributed by atoms with Crippen LogP contribution in [0.4, 0.5) is 0 Å². The summed E-state index contributed by atoms with van der Waals surface area (Å²) in [6.45, 7) is 1.50. The lowest BCUT2D eigenvalue weighted by Gasteiger charge is -2.32. The second-order valence-corrected chi connectivity index (χ2v) is 7.75. The van der Waals surface area contributed by atoms with E-state index in [1.54, 1.807) is 12.1 Å². The predicted molar refractivity (Wildman–Crippen MR) is 81.2 cm³/mol. The fourth-order valence-corrected chi connectivity index (χ4v) is 3.73. The van der Waals surface area contributed by atoms with Gasteiger partial charge in [0.2, 0.25) is 5.91 Å². The lowest BCUT2D eigenvalue weighted by molar-refractivity contribution is -0.123. The minimum absolute atomic E-state index is 0.159. The smallest absolute Gasteiger partial charge is 0.242 e. The number of nitrogens with zero attached hydrogens (tertiary/aromatic N) is 1. The van der Waals surface area contributed by atoms with Gasteiger partial charge in [0.25, 0.3) is 0 Å². The third-order valence-corrected chi connectivity index (χ3v) is 5.60. The molecule has 0 bridgehead atoms. The number of amides is 1. The number of sulfone groups is 1. The maximum Gasteiger partial charge on any atom is 0.242 e. The van der Waals surface area contributed by atoms with Gasteiger partial charge in [-0.3, -0.25) is 4.79 Å². The van der Waals surface area contributed by atoms with Gasteiger partial charge in [-0.1, -0.05) is 30.3 Å². The van der Waals surface area contributed by atoms with Gasteiger partial charge >= 0.3 is 0 Å². The Morgan fingerprint density at radius 2 is 1.76 bits per heavy atom. The fourth-order valence-electron chi connectivity index (χ4n) is 2.45. The van der Waals surface area contributed by atoms with E-state index in [1.807, 2.05) is 23.1 Å². The predicted octanol–water partition coefficient (Wildman–Crippen LogP) is -0.554. The van der Waals surface area contributed by atoms with Crippen LogP contribution in [0, 0.1) is 0 Å². The second-order valence-electron chi connectivity index (χ2n) is 5.45. The highest BCUT2D eigenvalue weighted by Gasteiger charge is 2.34. The molecule has 0 saturated carbocycles. The Morgan fingerprint density at radius 3 is 2.29 bits per heavy atom. The van der Waals surface area contributed by atoms with Gasteiger partial charge < -0.3 is 16.4 Å². The van der Waals surface area contributed by atoms with Crippen LogP contribution >= 0.6 is 0 Å². The van der Waals surface area contributed by atoms with Crippen molar-refractivity contribution in [2.24, 2.45) is 11.5 Å². The highest BCUT2D eigenvalue weighted by Crippen LogP contribution is 2.22. The molecule has 116 valence electrons. The zero-order chi connectivity index (χ0) is 15.5. The van der Waals surface area contributed by atoms with Crippen LogP contribution in [0.2, 0.25) is 0 Å². The van der Waals surface area contributed by atoms with Gasteiger partial charge in [-0.25, -0.2) is 8.42 Å². The van der Waals surface area contributed by atoms with Crippen LogP contribution in [0.3, 0.4) is 0 Å². The van der Waals surface area contributed by atoms with E-state index in [1.165, 1.54) is 0 Å². The van der Waals surface area contributed by atoms with Gasteiger partial charge in [0.15, 0.2) is 9.84 Å². The van der Waals surface area contributed by atoms with Crippen molar-refractivity contribution in [3.05, 3.63) is 35.9 Å². The van der Waals surface area contributed by atoms with Crippen LogP contribution in [0.15, 0.2) is 30.3 Å². The molecule has 1 aromatic carbocycles. The van der Waals surface area contributed by atoms with Crippen molar-refractivity contribution in [3.8, 4) is 0 Å². The first-order valence-electron chi connectivity index (χ1n) is 6.91. The van der Waals surface area contributed by atoms with Crippen LogP contribution in [-0.4, -0.2) is 50.4 Å². The third-order valence-electron chi connectivity index (χ3n) is 3.99. The molecule has 6 nitrogen and oxygen atoms in total. The van der Waals surface area contributed by atoms with Crippen LogP contribution < -0.4 is 11.5 Å². The number of rotatable bonds is 5. The Hall–Kier alpha value is -1.44. The Balaban J connectivity index is 2.03. The quantitative estimate of drug-likeness (QED) is 0.758. The molecule has 1 aromatic rings. The summed E-state index contributed by atoms with van der Waals surface area (Å²) in [5.74, 6) is -0.253. The normalized spacial score (nSPS) is 21.6. The molecule has 1 atom stereocenters. The molecule has 4 N–H and O–H groups in total. The van der Waals surface area contributed by atoms with Crippen LogP contribution in [0.1, 0.15) is 12.0 Å². The average Bonchev–Trinajstić information content (AvgIpc) is 2.46. The molecule has 7 heteroatoms. The highest BCUT2D eigenvalue weighted by atomic mass is 32.2. The molecule has 21 heavy (non-hydrogen) atoms. The molecular formula is C14H21N3O3S. The van der Waals surface area contributed by atoms with Crippen molar-refractivity contribution in [2.75, 3.05) is 31.1 Å². The SMILES string of the molecule is NC(=O)C(N)(CCN1CCS(=O)(=O)CC1)c1ccccc1. The van der Waals surface area contributed by atoms with Crippen molar-refractivity contribution in [1.29, 1.82) is 0 Å². The number of hydrogen-bond donors (Lipinski definition) is 2. The third kappa shape index (κ3) is 3.81. The summed E-state index contributed by atoms with van der Waals surface area (Å²) >= 11 is 0. The Morgan fingerprint density at radius 1 is 1.19 bits per heavy atom. The summed E-state index contributed by atoms with van der Waals surface area (Å²) in [6.07, 6.45) is 0.367. The fraction of sp³-hybridized carbons (Fsp3) is 0.500. The van der Waals surface area contributed by atoms with Gasteiger partial charge in [-0.15, -0.1) is 0 Å². The van der Waals surface area contributed by atoms with E-state index in [4.69, 9.17) is 11.5 Å². The monoisotopic (exact) mass is 311 g/mol. The Bertz CT molecular complexity index is 589. The van der Waals surface area contributed by atoms with E-state index >= 15 is 0 Å². The molecule has 0 radical (unpaired) electrons. The number of nitrogens with two attached hydrogens (primary N) is 2. The van der Waals surface area contributed by atoms with Gasteiger partial charge in [0, 0.05) is 19.6 Å². The van der Waals surface area contributed by atoms with E-state index < -0.39 is 21.3 Å². The number of carbonyl (C=O) groups is 1. The maximum atomic E-state index is 11.8. The molecule has 1 amide bonds. The standard InChI is InChI=1S/C14H21N3O3S/c15-13(18)14(16,12-4-2-1-3-5-12)6-7-17-8-10-21(19,20)11-9-17/h1-5H,6-11,16H2,(H2,15,18). The van der Waals surface area contributed by atoms with Crippen LogP contribution in [-0.2, 0) is 20.2 Å². The summed E-state index contributed by atoms with van der Waals surface area (Å²) in [5.41, 5.74) is 11.2. The molecule has 0 aromatic heterocycles.